The van der Waals surface area contributed by atoms with Crippen molar-refractivity contribution in [1.82, 2.24) is 0 Å². The van der Waals surface area contributed by atoms with Gasteiger partial charge in [0, 0.05) is 0 Å². The molecule has 0 aliphatic rings. The molecule has 0 aliphatic carbocycles. The van der Waals surface area contributed by atoms with E-state index in [1.165, 1.54) is 26.0 Å². The van der Waals surface area contributed by atoms with Gasteiger partial charge in [-0.3, -0.25) is 0 Å². The summed E-state index contributed by atoms with van der Waals surface area (Å²) in [5.41, 5.74) is -2.62. The lowest BCUT2D eigenvalue weighted by atomic mass is 9.86. The maximum atomic E-state index is 9.41. The van der Waals surface area contributed by atoms with E-state index in [0.29, 0.717) is 0 Å². The van der Waals surface area contributed by atoms with Crippen LogP contribution in [0.5, 0.6) is 0 Å². The Kier molecular flexibility index (Phi) is 2.41. The minimum atomic E-state index is -1.31. The fraction of sp³-hybridized carbons (Fsp3) is 0.500. The molecule has 0 aromatic rings. The van der Waals surface area contributed by atoms with Crippen LogP contribution in [0.2, 0.25) is 0 Å². The van der Waals surface area contributed by atoms with E-state index in [0.717, 1.165) is 0 Å². The Labute approximate surface area is 61.5 Å². The van der Waals surface area contributed by atoms with Gasteiger partial charge in [0.05, 0.1) is 0 Å². The highest BCUT2D eigenvalue weighted by molar-refractivity contribution is 5.12. The zero-order chi connectivity index (χ0) is 8.41. The largest absolute Gasteiger partial charge is 0.383 e. The Morgan fingerprint density at radius 2 is 1.20 bits per heavy atom. The lowest BCUT2D eigenvalue weighted by Gasteiger charge is -2.33. The van der Waals surface area contributed by atoms with Crippen LogP contribution in [0.3, 0.4) is 0 Å². The van der Waals surface area contributed by atoms with Crippen LogP contribution in [0.4, 0.5) is 0 Å². The van der Waals surface area contributed by atoms with Gasteiger partial charge in [-0.05, 0) is 13.8 Å². The Morgan fingerprint density at radius 1 is 1.00 bits per heavy atom. The fourth-order valence-electron chi connectivity index (χ4n) is 0.413. The van der Waals surface area contributed by atoms with Gasteiger partial charge in [0.1, 0.15) is 11.2 Å². The van der Waals surface area contributed by atoms with Crippen LogP contribution in [0.25, 0.3) is 0 Å². The molecule has 2 heteroatoms. The van der Waals surface area contributed by atoms with Crippen molar-refractivity contribution in [3.8, 4) is 0 Å². The summed E-state index contributed by atoms with van der Waals surface area (Å²) in [6.45, 7) is 9.73. The van der Waals surface area contributed by atoms with Gasteiger partial charge in [0.15, 0.2) is 0 Å². The van der Waals surface area contributed by atoms with Crippen LogP contribution in [-0.2, 0) is 0 Å². The van der Waals surface area contributed by atoms with Gasteiger partial charge in [0.2, 0.25) is 0 Å². The third-order valence-electron chi connectivity index (χ3n) is 1.82. The van der Waals surface area contributed by atoms with Gasteiger partial charge in [-0.15, -0.1) is 13.2 Å². The fourth-order valence-corrected chi connectivity index (χ4v) is 0.413. The molecule has 0 amide bonds. The summed E-state index contributed by atoms with van der Waals surface area (Å²) in [7, 11) is 0. The minimum absolute atomic E-state index is 1.29. The molecule has 0 spiro atoms. The Hall–Kier alpha value is -0.600. The molecule has 0 radical (unpaired) electrons. The molecule has 0 heterocycles. The van der Waals surface area contributed by atoms with E-state index in [-0.39, 0.29) is 0 Å². The molecular formula is C8H14O2. The molecule has 0 aliphatic heterocycles. The molecule has 2 nitrogen and oxygen atoms in total. The van der Waals surface area contributed by atoms with Gasteiger partial charge in [-0.2, -0.15) is 0 Å². The van der Waals surface area contributed by atoms with E-state index in [9.17, 15) is 10.2 Å². The van der Waals surface area contributed by atoms with Crippen LogP contribution in [-0.4, -0.2) is 21.4 Å². The predicted octanol–water partition coefficient (Wildman–Crippen LogP) is 0.860. The van der Waals surface area contributed by atoms with Gasteiger partial charge in [-0.1, -0.05) is 12.2 Å². The first-order valence-corrected chi connectivity index (χ1v) is 3.09. The number of hydrogen-bond acceptors (Lipinski definition) is 2. The van der Waals surface area contributed by atoms with E-state index < -0.39 is 11.2 Å². The zero-order valence-electron chi connectivity index (χ0n) is 6.46. The molecule has 0 aromatic heterocycles. The molecule has 0 saturated heterocycles. The van der Waals surface area contributed by atoms with E-state index in [1.807, 2.05) is 0 Å². The molecule has 0 fully saturated rings. The molecule has 0 bridgehead atoms. The molecular weight excluding hydrogens is 128 g/mol. The number of aliphatic hydroxyl groups is 2. The van der Waals surface area contributed by atoms with Crippen molar-refractivity contribution < 1.29 is 10.2 Å². The Bertz CT molecular complexity index is 127. The molecule has 58 valence electrons. The Balaban J connectivity index is 4.59. The van der Waals surface area contributed by atoms with E-state index in [4.69, 9.17) is 0 Å². The summed E-state index contributed by atoms with van der Waals surface area (Å²) in [5.74, 6) is 0. The summed E-state index contributed by atoms with van der Waals surface area (Å²) in [6, 6.07) is 0. The van der Waals surface area contributed by atoms with Crippen LogP contribution in [0, 0.1) is 0 Å². The van der Waals surface area contributed by atoms with Crippen molar-refractivity contribution in [3.05, 3.63) is 25.3 Å². The van der Waals surface area contributed by atoms with Gasteiger partial charge >= 0.3 is 0 Å². The second-order valence-electron chi connectivity index (χ2n) is 2.70. The highest BCUT2D eigenvalue weighted by Crippen LogP contribution is 2.23. The summed E-state index contributed by atoms with van der Waals surface area (Å²) in [5, 5.41) is 18.8. The first-order chi connectivity index (χ1) is 4.37. The molecule has 10 heavy (non-hydrogen) atoms. The third-order valence-corrected chi connectivity index (χ3v) is 1.82. The van der Waals surface area contributed by atoms with Crippen molar-refractivity contribution in [2.45, 2.75) is 25.0 Å². The van der Waals surface area contributed by atoms with Gasteiger partial charge < -0.3 is 10.2 Å². The summed E-state index contributed by atoms with van der Waals surface area (Å²) in [6.07, 6.45) is 2.57. The second-order valence-corrected chi connectivity index (χ2v) is 2.70. The first kappa shape index (κ1) is 9.40. The first-order valence-electron chi connectivity index (χ1n) is 3.09. The smallest absolute Gasteiger partial charge is 0.112 e. The van der Waals surface area contributed by atoms with Crippen molar-refractivity contribution in [2.24, 2.45) is 0 Å². The highest BCUT2D eigenvalue weighted by Gasteiger charge is 2.36. The van der Waals surface area contributed by atoms with Crippen LogP contribution >= 0.6 is 0 Å². The summed E-state index contributed by atoms with van der Waals surface area (Å²) >= 11 is 0. The van der Waals surface area contributed by atoms with Gasteiger partial charge in [-0.25, -0.2) is 0 Å². The number of hydrogen-bond donors (Lipinski definition) is 2. The molecule has 0 aromatic carbocycles. The van der Waals surface area contributed by atoms with Crippen LogP contribution in [0.15, 0.2) is 25.3 Å². The summed E-state index contributed by atoms with van der Waals surface area (Å²) < 4.78 is 0. The standard InChI is InChI=1S/C8H14O2/c1-5-7(3,9)8(4,10)6-2/h5-6,9-10H,1-2H2,3-4H3. The lowest BCUT2D eigenvalue weighted by molar-refractivity contribution is -0.0679. The average Bonchev–Trinajstić information content (AvgIpc) is 1.88. The third kappa shape index (κ3) is 1.46. The maximum Gasteiger partial charge on any atom is 0.112 e. The second kappa shape index (κ2) is 2.56. The van der Waals surface area contributed by atoms with Crippen molar-refractivity contribution in [2.75, 3.05) is 0 Å². The van der Waals surface area contributed by atoms with Crippen molar-refractivity contribution in [1.29, 1.82) is 0 Å². The summed E-state index contributed by atoms with van der Waals surface area (Å²) in [4.78, 5) is 0. The number of rotatable bonds is 3. The molecule has 2 N–H and O–H groups in total. The predicted molar refractivity (Wildman–Crippen MR) is 41.6 cm³/mol. The van der Waals surface area contributed by atoms with E-state index in [1.54, 1.807) is 0 Å². The topological polar surface area (TPSA) is 40.5 Å². The van der Waals surface area contributed by atoms with E-state index in [2.05, 4.69) is 13.2 Å². The minimum Gasteiger partial charge on any atom is -0.383 e. The highest BCUT2D eigenvalue weighted by atomic mass is 16.3. The molecule has 0 saturated carbocycles. The average molecular weight is 142 g/mol. The van der Waals surface area contributed by atoms with Crippen LogP contribution in [0.1, 0.15) is 13.8 Å². The van der Waals surface area contributed by atoms with Crippen LogP contribution < -0.4 is 0 Å². The quantitative estimate of drug-likeness (QED) is 0.574. The molecule has 2 unspecified atom stereocenters. The van der Waals surface area contributed by atoms with E-state index >= 15 is 0 Å². The zero-order valence-corrected chi connectivity index (χ0v) is 6.46. The molecule has 0 rings (SSSR count). The van der Waals surface area contributed by atoms with Crippen molar-refractivity contribution in [3.63, 3.8) is 0 Å². The molecule has 2 atom stereocenters. The van der Waals surface area contributed by atoms with Gasteiger partial charge in [0.25, 0.3) is 0 Å². The SMILES string of the molecule is C=CC(C)(O)C(C)(O)C=C. The monoisotopic (exact) mass is 142 g/mol. The Morgan fingerprint density at radius 3 is 1.30 bits per heavy atom. The maximum absolute atomic E-state index is 9.41. The van der Waals surface area contributed by atoms with Crippen molar-refractivity contribution >= 4 is 0 Å². The normalized spacial score (nSPS) is 22.4. The lowest BCUT2D eigenvalue weighted by Crippen LogP contribution is -2.46.